The fourth-order valence-electron chi connectivity index (χ4n) is 1.72. The molecule has 0 saturated heterocycles. The molecule has 2 N–H and O–H groups in total. The van der Waals surface area contributed by atoms with Gasteiger partial charge in [0.05, 0.1) is 13.0 Å². The van der Waals surface area contributed by atoms with Gasteiger partial charge in [-0.25, -0.2) is 0 Å². The molecule has 5 heteroatoms. The van der Waals surface area contributed by atoms with Gasteiger partial charge in [0.15, 0.2) is 0 Å². The first kappa shape index (κ1) is 14.3. The van der Waals surface area contributed by atoms with Crippen LogP contribution in [0.1, 0.15) is 10.4 Å². The van der Waals surface area contributed by atoms with Gasteiger partial charge in [-0.2, -0.15) is 0 Å². The zero-order valence-corrected chi connectivity index (χ0v) is 12.0. The predicted molar refractivity (Wildman–Crippen MR) is 80.8 cm³/mol. The highest BCUT2D eigenvalue weighted by atomic mass is 32.1. The molecule has 0 spiro atoms. The quantitative estimate of drug-likeness (QED) is 0.887. The standard InChI is InChI=1S/C15H16N2O2S/c1-11-5-2-3-7-13(11)17-15(19)10-16-14(18)9-12-6-4-8-20-12/h2-8H,9-10H2,1H3,(H,16,18)(H,17,19). The van der Waals surface area contributed by atoms with Gasteiger partial charge in [0.25, 0.3) is 0 Å². The summed E-state index contributed by atoms with van der Waals surface area (Å²) in [6, 6.07) is 11.3. The SMILES string of the molecule is Cc1ccccc1NC(=O)CNC(=O)Cc1cccs1. The van der Waals surface area contributed by atoms with E-state index in [0.717, 1.165) is 16.1 Å². The van der Waals surface area contributed by atoms with Crippen molar-refractivity contribution in [2.75, 3.05) is 11.9 Å². The zero-order chi connectivity index (χ0) is 14.4. The number of nitrogens with one attached hydrogen (secondary N) is 2. The van der Waals surface area contributed by atoms with E-state index in [9.17, 15) is 9.59 Å². The van der Waals surface area contributed by atoms with Crippen LogP contribution in [0.5, 0.6) is 0 Å². The second-order valence-corrected chi connectivity index (χ2v) is 5.43. The molecule has 0 aliphatic heterocycles. The second kappa shape index (κ2) is 6.86. The minimum absolute atomic E-state index is 0.0153. The van der Waals surface area contributed by atoms with E-state index in [4.69, 9.17) is 0 Å². The van der Waals surface area contributed by atoms with E-state index in [1.165, 1.54) is 11.3 Å². The molecule has 0 aliphatic carbocycles. The maximum atomic E-state index is 11.7. The Hall–Kier alpha value is -2.14. The van der Waals surface area contributed by atoms with E-state index >= 15 is 0 Å². The van der Waals surface area contributed by atoms with Gasteiger partial charge >= 0.3 is 0 Å². The Bertz CT molecular complexity index is 594. The predicted octanol–water partition coefficient (Wildman–Crippen LogP) is 2.35. The third-order valence-electron chi connectivity index (χ3n) is 2.78. The maximum Gasteiger partial charge on any atom is 0.243 e. The summed E-state index contributed by atoms with van der Waals surface area (Å²) in [4.78, 5) is 24.4. The van der Waals surface area contributed by atoms with Crippen LogP contribution in [0.3, 0.4) is 0 Å². The maximum absolute atomic E-state index is 11.7. The van der Waals surface area contributed by atoms with E-state index in [-0.39, 0.29) is 18.4 Å². The van der Waals surface area contributed by atoms with E-state index in [2.05, 4.69) is 10.6 Å². The van der Waals surface area contributed by atoms with Crippen molar-refractivity contribution < 1.29 is 9.59 Å². The van der Waals surface area contributed by atoms with Crippen LogP contribution in [-0.2, 0) is 16.0 Å². The number of rotatable bonds is 5. The number of para-hydroxylation sites is 1. The summed E-state index contributed by atoms with van der Waals surface area (Å²) in [5, 5.41) is 7.31. The number of anilines is 1. The molecule has 0 fully saturated rings. The highest BCUT2D eigenvalue weighted by Crippen LogP contribution is 2.12. The number of hydrogen-bond donors (Lipinski definition) is 2. The Labute approximate surface area is 121 Å². The summed E-state index contributed by atoms with van der Waals surface area (Å²) in [7, 11) is 0. The molecule has 0 unspecified atom stereocenters. The molecule has 2 amide bonds. The van der Waals surface area contributed by atoms with Gasteiger partial charge < -0.3 is 10.6 Å². The Kier molecular flexibility index (Phi) is 4.90. The number of thiophene rings is 1. The van der Waals surface area contributed by atoms with Gasteiger partial charge in [0, 0.05) is 10.6 Å². The first-order chi connectivity index (χ1) is 9.65. The molecular formula is C15H16N2O2S. The Morgan fingerprint density at radius 1 is 1.10 bits per heavy atom. The number of benzene rings is 1. The van der Waals surface area contributed by atoms with Crippen LogP contribution in [0.15, 0.2) is 41.8 Å². The van der Waals surface area contributed by atoms with Crippen LogP contribution >= 0.6 is 11.3 Å². The molecule has 104 valence electrons. The first-order valence-corrected chi connectivity index (χ1v) is 7.17. The monoisotopic (exact) mass is 288 g/mol. The third-order valence-corrected chi connectivity index (χ3v) is 3.66. The molecule has 0 atom stereocenters. The molecule has 0 aliphatic rings. The fraction of sp³-hybridized carbons (Fsp3) is 0.200. The lowest BCUT2D eigenvalue weighted by atomic mass is 10.2. The average molecular weight is 288 g/mol. The van der Waals surface area contributed by atoms with Crippen molar-refractivity contribution in [2.24, 2.45) is 0 Å². The van der Waals surface area contributed by atoms with Crippen molar-refractivity contribution in [2.45, 2.75) is 13.3 Å². The summed E-state index contributed by atoms with van der Waals surface area (Å²) in [5.74, 6) is -0.369. The number of hydrogen-bond acceptors (Lipinski definition) is 3. The molecule has 1 aromatic heterocycles. The number of aryl methyl sites for hydroxylation is 1. The van der Waals surface area contributed by atoms with E-state index < -0.39 is 0 Å². The van der Waals surface area contributed by atoms with Crippen molar-refractivity contribution in [1.82, 2.24) is 5.32 Å². The lowest BCUT2D eigenvalue weighted by Gasteiger charge is -2.08. The summed E-state index contributed by atoms with van der Waals surface area (Å²) < 4.78 is 0. The molecule has 0 radical (unpaired) electrons. The van der Waals surface area contributed by atoms with Gasteiger partial charge in [-0.3, -0.25) is 9.59 Å². The van der Waals surface area contributed by atoms with Crippen LogP contribution in [0, 0.1) is 6.92 Å². The van der Waals surface area contributed by atoms with Crippen LogP contribution < -0.4 is 10.6 Å². The number of carbonyl (C=O) groups excluding carboxylic acids is 2. The van der Waals surface area contributed by atoms with Crippen molar-refractivity contribution in [3.05, 3.63) is 52.2 Å². The summed E-state index contributed by atoms with van der Waals surface area (Å²) >= 11 is 1.53. The lowest BCUT2D eigenvalue weighted by molar-refractivity contribution is -0.123. The smallest absolute Gasteiger partial charge is 0.243 e. The molecule has 2 aromatic rings. The van der Waals surface area contributed by atoms with Crippen molar-refractivity contribution in [3.63, 3.8) is 0 Å². The van der Waals surface area contributed by atoms with Crippen LogP contribution in [-0.4, -0.2) is 18.4 Å². The van der Waals surface area contributed by atoms with Gasteiger partial charge in [0.2, 0.25) is 11.8 Å². The zero-order valence-electron chi connectivity index (χ0n) is 11.2. The largest absolute Gasteiger partial charge is 0.347 e. The number of carbonyl (C=O) groups is 2. The molecule has 20 heavy (non-hydrogen) atoms. The molecule has 4 nitrogen and oxygen atoms in total. The average Bonchev–Trinajstić information content (AvgIpc) is 2.92. The van der Waals surface area contributed by atoms with Gasteiger partial charge in [-0.15, -0.1) is 11.3 Å². The summed E-state index contributed by atoms with van der Waals surface area (Å²) in [5.41, 5.74) is 1.76. The molecule has 1 heterocycles. The topological polar surface area (TPSA) is 58.2 Å². The summed E-state index contributed by atoms with van der Waals surface area (Å²) in [6.45, 7) is 1.91. The molecule has 0 saturated carbocycles. The van der Waals surface area contributed by atoms with E-state index in [1.807, 2.05) is 48.7 Å². The summed E-state index contributed by atoms with van der Waals surface area (Å²) in [6.07, 6.45) is 0.315. The van der Waals surface area contributed by atoms with Gasteiger partial charge in [-0.05, 0) is 30.0 Å². The third kappa shape index (κ3) is 4.20. The minimum atomic E-state index is -0.223. The van der Waals surface area contributed by atoms with Crippen molar-refractivity contribution in [3.8, 4) is 0 Å². The van der Waals surface area contributed by atoms with Crippen molar-refractivity contribution in [1.29, 1.82) is 0 Å². The van der Waals surface area contributed by atoms with Crippen molar-refractivity contribution >= 4 is 28.8 Å². The molecular weight excluding hydrogens is 272 g/mol. The molecule has 1 aromatic carbocycles. The van der Waals surface area contributed by atoms with Gasteiger partial charge in [-0.1, -0.05) is 24.3 Å². The normalized spacial score (nSPS) is 10.1. The minimum Gasteiger partial charge on any atom is -0.347 e. The lowest BCUT2D eigenvalue weighted by Crippen LogP contribution is -2.33. The Morgan fingerprint density at radius 3 is 2.60 bits per heavy atom. The number of amides is 2. The van der Waals surface area contributed by atoms with Crippen LogP contribution in [0.4, 0.5) is 5.69 Å². The van der Waals surface area contributed by atoms with Gasteiger partial charge in [0.1, 0.15) is 0 Å². The van der Waals surface area contributed by atoms with E-state index in [0.29, 0.717) is 6.42 Å². The van der Waals surface area contributed by atoms with Crippen LogP contribution in [0.2, 0.25) is 0 Å². The molecule has 0 bridgehead atoms. The first-order valence-electron chi connectivity index (χ1n) is 6.29. The molecule has 2 rings (SSSR count). The van der Waals surface area contributed by atoms with E-state index in [1.54, 1.807) is 0 Å². The Morgan fingerprint density at radius 2 is 1.90 bits per heavy atom. The van der Waals surface area contributed by atoms with Crippen LogP contribution in [0.25, 0.3) is 0 Å². The highest BCUT2D eigenvalue weighted by Gasteiger charge is 2.08. The highest BCUT2D eigenvalue weighted by molar-refractivity contribution is 7.10. The second-order valence-electron chi connectivity index (χ2n) is 4.40. The Balaban J connectivity index is 1.78. The fourth-order valence-corrected chi connectivity index (χ4v) is 2.42.